The van der Waals surface area contributed by atoms with Crippen molar-refractivity contribution in [1.29, 1.82) is 0 Å². The van der Waals surface area contributed by atoms with Crippen molar-refractivity contribution in [1.82, 2.24) is 4.90 Å². The van der Waals surface area contributed by atoms with Gasteiger partial charge in [-0.2, -0.15) is 8.42 Å². The summed E-state index contributed by atoms with van der Waals surface area (Å²) < 4.78 is 31.1. The number of hydrogen-bond donors (Lipinski definition) is 1. The highest BCUT2D eigenvalue weighted by Gasteiger charge is 2.12. The summed E-state index contributed by atoms with van der Waals surface area (Å²) in [6.45, 7) is 7.87. The van der Waals surface area contributed by atoms with Crippen LogP contribution in [-0.2, 0) is 16.7 Å². The topological polar surface area (TPSA) is 57.6 Å². The maximum absolute atomic E-state index is 11.0. The molecule has 0 bridgehead atoms. The van der Waals surface area contributed by atoms with E-state index in [0.29, 0.717) is 13.1 Å². The molecule has 0 amide bonds. The third-order valence-corrected chi connectivity index (χ3v) is 4.61. The van der Waals surface area contributed by atoms with Gasteiger partial charge in [-0.15, -0.1) is 0 Å². The maximum atomic E-state index is 11.0. The Bertz CT molecular complexity index is 569. The van der Waals surface area contributed by atoms with Gasteiger partial charge in [0.15, 0.2) is 0 Å². The second-order valence-electron chi connectivity index (χ2n) is 5.88. The van der Waals surface area contributed by atoms with E-state index in [4.69, 9.17) is 4.55 Å². The Morgan fingerprint density at radius 1 is 1.13 bits per heavy atom. The lowest BCUT2D eigenvalue weighted by Gasteiger charge is -2.22. The van der Waals surface area contributed by atoms with Crippen LogP contribution in [0.3, 0.4) is 0 Å². The Morgan fingerprint density at radius 2 is 1.83 bits per heavy atom. The van der Waals surface area contributed by atoms with E-state index in [-0.39, 0.29) is 5.75 Å². The molecule has 1 N–H and O–H groups in total. The van der Waals surface area contributed by atoms with Gasteiger partial charge in [-0.25, -0.2) is 0 Å². The molecule has 0 fully saturated rings. The average molecular weight is 340 g/mol. The molecule has 0 atom stereocenters. The van der Waals surface area contributed by atoms with Gasteiger partial charge in [0.1, 0.15) is 0 Å². The number of nitrogens with zero attached hydrogens (tertiary/aromatic N) is 1. The maximum Gasteiger partial charge on any atom is 0.266 e. The van der Waals surface area contributed by atoms with Gasteiger partial charge < -0.3 is 0 Å². The summed E-state index contributed by atoms with van der Waals surface area (Å²) in [7, 11) is -3.93. The van der Waals surface area contributed by atoms with E-state index in [9.17, 15) is 8.42 Å². The number of rotatable bonds is 12. The highest BCUT2D eigenvalue weighted by Crippen LogP contribution is 2.14. The van der Waals surface area contributed by atoms with E-state index < -0.39 is 10.1 Å². The zero-order valence-electron chi connectivity index (χ0n) is 14.1. The molecule has 23 heavy (non-hydrogen) atoms. The smallest absolute Gasteiger partial charge is 0.266 e. The molecule has 4 nitrogen and oxygen atoms in total. The molecule has 5 heteroatoms. The fourth-order valence-corrected chi connectivity index (χ4v) is 3.06. The molecule has 0 aliphatic heterocycles. The van der Waals surface area contributed by atoms with Crippen LogP contribution in [0.5, 0.6) is 0 Å². The van der Waals surface area contributed by atoms with Gasteiger partial charge in [0.05, 0.1) is 5.75 Å². The van der Waals surface area contributed by atoms with Crippen molar-refractivity contribution in [3.8, 4) is 0 Å². The third kappa shape index (κ3) is 8.89. The molecule has 0 saturated carbocycles. The average Bonchev–Trinajstić information content (AvgIpc) is 2.51. The first-order chi connectivity index (χ1) is 11.0. The van der Waals surface area contributed by atoms with Crippen LogP contribution in [0.4, 0.5) is 0 Å². The van der Waals surface area contributed by atoms with Gasteiger partial charge in [0.2, 0.25) is 0 Å². The van der Waals surface area contributed by atoms with Crippen molar-refractivity contribution in [3.63, 3.8) is 0 Å². The lowest BCUT2D eigenvalue weighted by Crippen LogP contribution is -2.30. The second-order valence-corrected chi connectivity index (χ2v) is 7.45. The summed E-state index contributed by atoms with van der Waals surface area (Å²) in [5.74, 6) is -0.224. The van der Waals surface area contributed by atoms with E-state index in [2.05, 4.69) is 18.4 Å². The van der Waals surface area contributed by atoms with E-state index in [1.165, 1.54) is 19.3 Å². The Kier molecular flexibility index (Phi) is 9.14. The summed E-state index contributed by atoms with van der Waals surface area (Å²) in [5, 5.41) is 0. The molecule has 0 aromatic heterocycles. The Hall–Kier alpha value is -1.17. The van der Waals surface area contributed by atoms with Gasteiger partial charge >= 0.3 is 0 Å². The van der Waals surface area contributed by atoms with E-state index in [0.717, 1.165) is 30.5 Å². The number of hydrogen-bond acceptors (Lipinski definition) is 3. The fourth-order valence-electron chi connectivity index (χ4n) is 2.57. The van der Waals surface area contributed by atoms with E-state index in [1.54, 1.807) is 0 Å². The predicted octanol–water partition coefficient (Wildman–Crippen LogP) is 3.99. The zero-order valence-corrected chi connectivity index (χ0v) is 14.9. The van der Waals surface area contributed by atoms with Crippen LogP contribution < -0.4 is 0 Å². The molecule has 1 rings (SSSR count). The largest absolute Gasteiger partial charge is 0.298 e. The van der Waals surface area contributed by atoms with Gasteiger partial charge in [-0.1, -0.05) is 69.5 Å². The van der Waals surface area contributed by atoms with Crippen LogP contribution in [0.1, 0.15) is 50.2 Å². The van der Waals surface area contributed by atoms with Crippen LogP contribution in [0.25, 0.3) is 6.08 Å². The van der Waals surface area contributed by atoms with Crippen LogP contribution in [0.2, 0.25) is 0 Å². The quantitative estimate of drug-likeness (QED) is 0.462. The number of benzene rings is 1. The highest BCUT2D eigenvalue weighted by molar-refractivity contribution is 7.85. The molecule has 1 aromatic carbocycles. The Morgan fingerprint density at radius 3 is 2.48 bits per heavy atom. The van der Waals surface area contributed by atoms with Gasteiger partial charge in [-0.3, -0.25) is 9.45 Å². The fraction of sp³-hybridized carbons (Fsp3) is 0.556. The first-order valence-electron chi connectivity index (χ1n) is 8.34. The molecule has 130 valence electrons. The standard InChI is InChI=1S/C18H29NO3S/c1-3-5-6-7-10-13-19(14-15-23(20,21)22)16-18-12-9-8-11-17(18)4-2/h4,8-9,11-12H,2-3,5-7,10,13-16H2,1H3,(H,20,21,22). The Labute approximate surface area is 141 Å². The minimum Gasteiger partial charge on any atom is -0.298 e. The van der Waals surface area contributed by atoms with Crippen molar-refractivity contribution in [3.05, 3.63) is 42.0 Å². The van der Waals surface area contributed by atoms with Crippen molar-refractivity contribution in [2.24, 2.45) is 0 Å². The van der Waals surface area contributed by atoms with Crippen LogP contribution >= 0.6 is 0 Å². The number of unbranched alkanes of at least 4 members (excludes halogenated alkanes) is 4. The van der Waals surface area contributed by atoms with Crippen LogP contribution in [-0.4, -0.2) is 36.7 Å². The second kappa shape index (κ2) is 10.6. The Balaban J connectivity index is 2.64. The lowest BCUT2D eigenvalue weighted by molar-refractivity contribution is 0.271. The molecular weight excluding hydrogens is 310 g/mol. The zero-order chi connectivity index (χ0) is 17.1. The summed E-state index contributed by atoms with van der Waals surface area (Å²) in [5.41, 5.74) is 2.20. The minimum absolute atomic E-state index is 0.224. The summed E-state index contributed by atoms with van der Waals surface area (Å²) in [4.78, 5) is 2.10. The van der Waals surface area contributed by atoms with E-state index >= 15 is 0 Å². The van der Waals surface area contributed by atoms with Gasteiger partial charge in [0, 0.05) is 13.1 Å². The molecule has 1 aromatic rings. The first-order valence-corrected chi connectivity index (χ1v) is 9.95. The lowest BCUT2D eigenvalue weighted by atomic mass is 10.1. The third-order valence-electron chi connectivity index (χ3n) is 3.91. The highest BCUT2D eigenvalue weighted by atomic mass is 32.2. The summed E-state index contributed by atoms with van der Waals surface area (Å²) >= 11 is 0. The molecule has 0 spiro atoms. The predicted molar refractivity (Wildman–Crippen MR) is 97.0 cm³/mol. The van der Waals surface area contributed by atoms with Gasteiger partial charge in [0.25, 0.3) is 10.1 Å². The normalized spacial score (nSPS) is 11.8. The van der Waals surface area contributed by atoms with Crippen LogP contribution in [0.15, 0.2) is 30.8 Å². The molecule has 0 heterocycles. The van der Waals surface area contributed by atoms with Crippen molar-refractivity contribution in [2.45, 2.75) is 45.6 Å². The van der Waals surface area contributed by atoms with Crippen molar-refractivity contribution >= 4 is 16.2 Å². The molecule has 0 aliphatic carbocycles. The summed E-state index contributed by atoms with van der Waals surface area (Å²) in [6, 6.07) is 7.98. The van der Waals surface area contributed by atoms with Crippen LogP contribution in [0, 0.1) is 0 Å². The molecule has 0 unspecified atom stereocenters. The SMILES string of the molecule is C=Cc1ccccc1CN(CCCCCCC)CCS(=O)(=O)O. The van der Waals surface area contributed by atoms with Crippen molar-refractivity contribution in [2.75, 3.05) is 18.8 Å². The monoisotopic (exact) mass is 339 g/mol. The van der Waals surface area contributed by atoms with E-state index in [1.807, 2.05) is 30.3 Å². The molecule has 0 aliphatic rings. The summed E-state index contributed by atoms with van der Waals surface area (Å²) in [6.07, 6.45) is 7.67. The molecular formula is C18H29NO3S. The minimum atomic E-state index is -3.93. The molecule has 0 radical (unpaired) electrons. The molecule has 0 saturated heterocycles. The van der Waals surface area contributed by atoms with Crippen molar-refractivity contribution < 1.29 is 13.0 Å². The first kappa shape index (κ1) is 19.9. The van der Waals surface area contributed by atoms with Gasteiger partial charge in [-0.05, 0) is 24.1 Å².